The van der Waals surface area contributed by atoms with Crippen LogP contribution in [0.2, 0.25) is 0 Å². The van der Waals surface area contributed by atoms with Gasteiger partial charge in [-0.1, -0.05) is 26.2 Å². The molecule has 0 aliphatic carbocycles. The lowest BCUT2D eigenvalue weighted by Crippen LogP contribution is -2.12. The van der Waals surface area contributed by atoms with E-state index in [0.717, 1.165) is 29.8 Å². The first-order valence-corrected chi connectivity index (χ1v) is 10.0. The van der Waals surface area contributed by atoms with Gasteiger partial charge in [-0.2, -0.15) is 0 Å². The number of rotatable bonds is 10. The summed E-state index contributed by atoms with van der Waals surface area (Å²) in [5.41, 5.74) is 3.24. The van der Waals surface area contributed by atoms with Crippen molar-refractivity contribution in [1.29, 1.82) is 0 Å². The smallest absolute Gasteiger partial charge is 0.164 e. The van der Waals surface area contributed by atoms with E-state index < -0.39 is 0 Å². The Hall–Kier alpha value is -0.800. The molecule has 0 radical (unpaired) electrons. The Labute approximate surface area is 146 Å². The summed E-state index contributed by atoms with van der Waals surface area (Å²) in [6.07, 6.45) is 5.88. The Morgan fingerprint density at radius 3 is 2.43 bits per heavy atom. The van der Waals surface area contributed by atoms with Crippen molar-refractivity contribution in [2.45, 2.75) is 70.7 Å². The molecular formula is C20H31NOS. The quantitative estimate of drug-likeness (QED) is 0.252. The summed E-state index contributed by atoms with van der Waals surface area (Å²) in [6, 6.07) is 5.08. The molecule has 0 spiro atoms. The highest BCUT2D eigenvalue weighted by Gasteiger charge is 2.29. The molecule has 2 rings (SSSR count). The van der Waals surface area contributed by atoms with Crippen LogP contribution >= 0.6 is 11.8 Å². The van der Waals surface area contributed by atoms with Gasteiger partial charge < -0.3 is 0 Å². The van der Waals surface area contributed by atoms with Gasteiger partial charge in [0.05, 0.1) is 0 Å². The Bertz CT molecular complexity index is 517. The summed E-state index contributed by atoms with van der Waals surface area (Å²) in [6.45, 7) is 10.7. The minimum Gasteiger partial charge on any atom is -0.297 e. The number of hydrogen-bond acceptors (Lipinski definition) is 3. The van der Waals surface area contributed by atoms with Crippen molar-refractivity contribution in [1.82, 2.24) is 4.90 Å². The Kier molecular flexibility index (Phi) is 7.16. The highest BCUT2D eigenvalue weighted by molar-refractivity contribution is 7.99. The van der Waals surface area contributed by atoms with Crippen LogP contribution in [0.25, 0.3) is 0 Å². The van der Waals surface area contributed by atoms with Gasteiger partial charge in [0.2, 0.25) is 0 Å². The normalized spacial score (nSPS) is 19.8. The summed E-state index contributed by atoms with van der Waals surface area (Å²) in [5.74, 6) is 1.48. The SMILES string of the molecule is CCCCCCSc1cc(C)c(C(=O)CCN2CC2C)c(C)c1. The van der Waals surface area contributed by atoms with Gasteiger partial charge in [-0.15, -0.1) is 11.8 Å². The lowest BCUT2D eigenvalue weighted by molar-refractivity contribution is 0.0976. The van der Waals surface area contributed by atoms with Crippen molar-refractivity contribution in [3.05, 3.63) is 28.8 Å². The highest BCUT2D eigenvalue weighted by Crippen LogP contribution is 2.27. The van der Waals surface area contributed by atoms with E-state index in [2.05, 4.69) is 44.7 Å². The molecule has 1 aliphatic rings. The third-order valence-electron chi connectivity index (χ3n) is 4.67. The molecule has 1 heterocycles. The molecule has 1 aliphatic heterocycles. The second-order valence-corrected chi connectivity index (χ2v) is 8.03. The lowest BCUT2D eigenvalue weighted by atomic mass is 9.97. The molecule has 3 heteroatoms. The number of benzene rings is 1. The van der Waals surface area contributed by atoms with E-state index in [0.29, 0.717) is 18.2 Å². The fourth-order valence-corrected chi connectivity index (χ4v) is 4.24. The molecule has 128 valence electrons. The number of unbranched alkanes of at least 4 members (excludes halogenated alkanes) is 3. The van der Waals surface area contributed by atoms with Crippen LogP contribution in [0, 0.1) is 13.8 Å². The molecule has 0 aromatic heterocycles. The Balaban J connectivity index is 1.89. The van der Waals surface area contributed by atoms with Gasteiger partial charge in [-0.05, 0) is 56.2 Å². The summed E-state index contributed by atoms with van der Waals surface area (Å²) < 4.78 is 0. The van der Waals surface area contributed by atoms with Gasteiger partial charge in [0, 0.05) is 36.0 Å². The first kappa shape index (κ1) is 18.5. The number of aryl methyl sites for hydroxylation is 2. The summed E-state index contributed by atoms with van der Waals surface area (Å²) in [7, 11) is 0. The van der Waals surface area contributed by atoms with Crippen molar-refractivity contribution in [3.63, 3.8) is 0 Å². The lowest BCUT2D eigenvalue weighted by Gasteiger charge is -2.12. The number of carbonyl (C=O) groups excluding carboxylic acids is 1. The zero-order valence-corrected chi connectivity index (χ0v) is 16.0. The fraction of sp³-hybridized carbons (Fsp3) is 0.650. The fourth-order valence-electron chi connectivity index (χ4n) is 3.14. The van der Waals surface area contributed by atoms with Gasteiger partial charge >= 0.3 is 0 Å². The first-order valence-electron chi connectivity index (χ1n) is 9.04. The minimum atomic E-state index is 0.304. The maximum Gasteiger partial charge on any atom is 0.164 e. The largest absolute Gasteiger partial charge is 0.297 e. The summed E-state index contributed by atoms with van der Waals surface area (Å²) in [5, 5.41) is 0. The van der Waals surface area contributed by atoms with Crippen molar-refractivity contribution in [2.24, 2.45) is 0 Å². The minimum absolute atomic E-state index is 0.304. The monoisotopic (exact) mass is 333 g/mol. The standard InChI is InChI=1S/C20H31NOS/c1-5-6-7-8-11-23-18-12-15(2)20(16(3)13-18)19(22)9-10-21-14-17(21)4/h12-13,17H,5-11,14H2,1-4H3. The van der Waals surface area contributed by atoms with Crippen molar-refractivity contribution >= 4 is 17.5 Å². The van der Waals surface area contributed by atoms with Gasteiger partial charge in [0.15, 0.2) is 5.78 Å². The Morgan fingerprint density at radius 1 is 1.22 bits per heavy atom. The molecule has 0 bridgehead atoms. The van der Waals surface area contributed by atoms with E-state index in [-0.39, 0.29) is 0 Å². The van der Waals surface area contributed by atoms with Gasteiger partial charge in [0.25, 0.3) is 0 Å². The predicted octanol–water partition coefficient (Wildman–Crippen LogP) is 5.25. The number of ketones is 1. The van der Waals surface area contributed by atoms with Crippen LogP contribution in [-0.2, 0) is 0 Å². The molecule has 1 aromatic carbocycles. The van der Waals surface area contributed by atoms with E-state index in [1.54, 1.807) is 0 Å². The zero-order chi connectivity index (χ0) is 16.8. The van der Waals surface area contributed by atoms with E-state index in [1.165, 1.54) is 36.3 Å². The number of thioether (sulfide) groups is 1. The first-order chi connectivity index (χ1) is 11.0. The van der Waals surface area contributed by atoms with Gasteiger partial charge in [0.1, 0.15) is 0 Å². The molecule has 2 unspecified atom stereocenters. The molecule has 2 nitrogen and oxygen atoms in total. The van der Waals surface area contributed by atoms with Crippen molar-refractivity contribution in [3.8, 4) is 0 Å². The van der Waals surface area contributed by atoms with E-state index in [9.17, 15) is 4.79 Å². The van der Waals surface area contributed by atoms with E-state index in [4.69, 9.17) is 0 Å². The Morgan fingerprint density at radius 2 is 1.87 bits per heavy atom. The molecule has 0 amide bonds. The molecule has 1 saturated heterocycles. The number of hydrogen-bond donors (Lipinski definition) is 0. The van der Waals surface area contributed by atoms with E-state index in [1.807, 2.05) is 11.8 Å². The highest BCUT2D eigenvalue weighted by atomic mass is 32.2. The van der Waals surface area contributed by atoms with Crippen LogP contribution in [0.1, 0.15) is 67.4 Å². The van der Waals surface area contributed by atoms with Crippen LogP contribution in [0.4, 0.5) is 0 Å². The van der Waals surface area contributed by atoms with Crippen LogP contribution in [0.3, 0.4) is 0 Å². The maximum atomic E-state index is 12.5. The summed E-state index contributed by atoms with van der Waals surface area (Å²) >= 11 is 1.93. The predicted molar refractivity (Wildman–Crippen MR) is 101 cm³/mol. The molecule has 0 N–H and O–H groups in total. The maximum absolute atomic E-state index is 12.5. The third kappa shape index (κ3) is 5.65. The molecule has 23 heavy (non-hydrogen) atoms. The third-order valence-corrected chi connectivity index (χ3v) is 5.73. The van der Waals surface area contributed by atoms with Crippen LogP contribution in [0.15, 0.2) is 17.0 Å². The molecular weight excluding hydrogens is 302 g/mol. The number of carbonyl (C=O) groups is 1. The molecule has 0 saturated carbocycles. The van der Waals surface area contributed by atoms with Crippen LogP contribution in [-0.4, -0.2) is 35.6 Å². The summed E-state index contributed by atoms with van der Waals surface area (Å²) in [4.78, 5) is 16.2. The van der Waals surface area contributed by atoms with Crippen molar-refractivity contribution < 1.29 is 4.79 Å². The van der Waals surface area contributed by atoms with Gasteiger partial charge in [-0.25, -0.2) is 0 Å². The number of nitrogens with zero attached hydrogens (tertiary/aromatic N) is 1. The average Bonchev–Trinajstić information content (AvgIpc) is 3.20. The zero-order valence-electron chi connectivity index (χ0n) is 15.2. The molecule has 2 atom stereocenters. The second-order valence-electron chi connectivity index (χ2n) is 6.86. The van der Waals surface area contributed by atoms with E-state index >= 15 is 0 Å². The van der Waals surface area contributed by atoms with Gasteiger partial charge in [-0.3, -0.25) is 9.69 Å². The topological polar surface area (TPSA) is 20.1 Å². The van der Waals surface area contributed by atoms with Crippen molar-refractivity contribution in [2.75, 3.05) is 18.8 Å². The average molecular weight is 334 g/mol. The van der Waals surface area contributed by atoms with Crippen LogP contribution in [0.5, 0.6) is 0 Å². The molecule has 1 fully saturated rings. The molecule has 1 aromatic rings. The number of Topliss-reactive ketones (excluding diaryl/α,β-unsaturated/α-hetero) is 1. The van der Waals surface area contributed by atoms with Crippen LogP contribution < -0.4 is 0 Å². The second kappa shape index (κ2) is 8.89.